The fourth-order valence-corrected chi connectivity index (χ4v) is 1.78. The first-order valence-corrected chi connectivity index (χ1v) is 6.15. The molecule has 0 aliphatic rings. The fourth-order valence-electron chi connectivity index (χ4n) is 1.78. The van der Waals surface area contributed by atoms with Gasteiger partial charge in [0.15, 0.2) is 0 Å². The summed E-state index contributed by atoms with van der Waals surface area (Å²) in [6, 6.07) is 9.28. The third-order valence-corrected chi connectivity index (χ3v) is 2.81. The Bertz CT molecular complexity index is 593. The first-order chi connectivity index (χ1) is 9.06. The van der Waals surface area contributed by atoms with E-state index in [9.17, 15) is 4.79 Å². The van der Waals surface area contributed by atoms with Gasteiger partial charge in [-0.05, 0) is 43.2 Å². The van der Waals surface area contributed by atoms with E-state index < -0.39 is 0 Å². The summed E-state index contributed by atoms with van der Waals surface area (Å²) in [6.45, 7) is 3.81. The predicted octanol–water partition coefficient (Wildman–Crippen LogP) is 2.66. The molecule has 0 unspecified atom stereocenters. The second kappa shape index (κ2) is 5.63. The fraction of sp³-hybridized carbons (Fsp3) is 0.200. The van der Waals surface area contributed by atoms with Gasteiger partial charge < -0.3 is 11.1 Å². The number of rotatable bonds is 3. The van der Waals surface area contributed by atoms with Crippen molar-refractivity contribution in [2.24, 2.45) is 5.73 Å². The van der Waals surface area contributed by atoms with Crippen LogP contribution in [0.3, 0.4) is 0 Å². The van der Waals surface area contributed by atoms with E-state index in [0.29, 0.717) is 5.56 Å². The van der Waals surface area contributed by atoms with Crippen LogP contribution in [0.5, 0.6) is 0 Å². The van der Waals surface area contributed by atoms with E-state index in [-0.39, 0.29) is 11.9 Å². The highest BCUT2D eigenvalue weighted by Gasteiger charge is 2.07. The van der Waals surface area contributed by atoms with E-state index in [1.807, 2.05) is 38.1 Å². The van der Waals surface area contributed by atoms with Crippen molar-refractivity contribution >= 4 is 11.6 Å². The first-order valence-electron chi connectivity index (χ1n) is 6.15. The number of aryl methyl sites for hydroxylation is 1. The normalized spacial score (nSPS) is 11.9. The van der Waals surface area contributed by atoms with Gasteiger partial charge in [0, 0.05) is 24.1 Å². The number of hydrogen-bond donors (Lipinski definition) is 2. The van der Waals surface area contributed by atoms with E-state index in [1.165, 1.54) is 0 Å². The summed E-state index contributed by atoms with van der Waals surface area (Å²) in [6.07, 6.45) is 3.27. The van der Waals surface area contributed by atoms with Crippen molar-refractivity contribution in [3.8, 4) is 0 Å². The topological polar surface area (TPSA) is 68.0 Å². The molecule has 98 valence electrons. The summed E-state index contributed by atoms with van der Waals surface area (Å²) in [7, 11) is 0. The minimum absolute atomic E-state index is 0.0579. The first kappa shape index (κ1) is 13.2. The molecule has 1 heterocycles. The average molecular weight is 255 g/mol. The summed E-state index contributed by atoms with van der Waals surface area (Å²) in [5, 5.41) is 2.85. The summed E-state index contributed by atoms with van der Waals surface area (Å²) in [5.74, 6) is -0.168. The van der Waals surface area contributed by atoms with Gasteiger partial charge >= 0.3 is 0 Å². The highest BCUT2D eigenvalue weighted by Crippen LogP contribution is 2.16. The van der Waals surface area contributed by atoms with E-state index >= 15 is 0 Å². The Labute approximate surface area is 112 Å². The zero-order chi connectivity index (χ0) is 13.8. The highest BCUT2D eigenvalue weighted by atomic mass is 16.1. The summed E-state index contributed by atoms with van der Waals surface area (Å²) >= 11 is 0. The minimum atomic E-state index is -0.168. The molecule has 2 aromatic rings. The maximum absolute atomic E-state index is 12.1. The molecule has 0 saturated carbocycles. The highest BCUT2D eigenvalue weighted by molar-refractivity contribution is 6.04. The molecule has 0 radical (unpaired) electrons. The van der Waals surface area contributed by atoms with Crippen molar-refractivity contribution in [1.29, 1.82) is 0 Å². The van der Waals surface area contributed by atoms with Crippen LogP contribution in [0.15, 0.2) is 42.7 Å². The molecule has 4 heteroatoms. The van der Waals surface area contributed by atoms with Crippen LogP contribution in [-0.2, 0) is 0 Å². The van der Waals surface area contributed by atoms with Gasteiger partial charge in [-0.25, -0.2) is 0 Å². The number of pyridine rings is 1. The molecule has 2 rings (SSSR count). The molecule has 1 aromatic heterocycles. The number of nitrogens with two attached hydrogens (primary N) is 1. The van der Waals surface area contributed by atoms with Gasteiger partial charge in [-0.1, -0.05) is 12.1 Å². The van der Waals surface area contributed by atoms with Gasteiger partial charge in [0.2, 0.25) is 0 Å². The average Bonchev–Trinajstić information content (AvgIpc) is 2.39. The van der Waals surface area contributed by atoms with Gasteiger partial charge in [-0.2, -0.15) is 0 Å². The van der Waals surface area contributed by atoms with Gasteiger partial charge in [-0.3, -0.25) is 9.78 Å². The molecule has 0 aliphatic carbocycles. The Balaban J connectivity index is 2.17. The quantitative estimate of drug-likeness (QED) is 0.886. The van der Waals surface area contributed by atoms with Crippen LogP contribution < -0.4 is 11.1 Å². The van der Waals surface area contributed by atoms with Crippen LogP contribution in [0, 0.1) is 6.92 Å². The molecule has 0 bridgehead atoms. The Morgan fingerprint density at radius 2 is 2.11 bits per heavy atom. The molecule has 4 nitrogen and oxygen atoms in total. The van der Waals surface area contributed by atoms with Crippen molar-refractivity contribution in [3.63, 3.8) is 0 Å². The Morgan fingerprint density at radius 3 is 2.79 bits per heavy atom. The third-order valence-electron chi connectivity index (χ3n) is 2.81. The molecule has 3 N–H and O–H groups in total. The Morgan fingerprint density at radius 1 is 1.32 bits per heavy atom. The lowest BCUT2D eigenvalue weighted by Gasteiger charge is -2.09. The number of carbonyl (C=O) groups excluding carboxylic acids is 1. The molecule has 19 heavy (non-hydrogen) atoms. The molecule has 1 aromatic carbocycles. The molecule has 0 saturated heterocycles. The van der Waals surface area contributed by atoms with Crippen LogP contribution in [-0.4, -0.2) is 10.9 Å². The SMILES string of the molecule is Cc1cncc(C(=O)Nc2cccc([C@H](C)N)c2)c1. The lowest BCUT2D eigenvalue weighted by molar-refractivity contribution is 0.102. The zero-order valence-electron chi connectivity index (χ0n) is 11.1. The maximum Gasteiger partial charge on any atom is 0.257 e. The lowest BCUT2D eigenvalue weighted by Crippen LogP contribution is -2.13. The number of hydrogen-bond acceptors (Lipinski definition) is 3. The van der Waals surface area contributed by atoms with Crippen molar-refractivity contribution in [1.82, 2.24) is 4.98 Å². The number of nitrogens with one attached hydrogen (secondary N) is 1. The Hall–Kier alpha value is -2.20. The molecular weight excluding hydrogens is 238 g/mol. The van der Waals surface area contributed by atoms with Crippen molar-refractivity contribution in [3.05, 3.63) is 59.4 Å². The van der Waals surface area contributed by atoms with Gasteiger partial charge in [-0.15, -0.1) is 0 Å². The summed E-state index contributed by atoms with van der Waals surface area (Å²) < 4.78 is 0. The second-order valence-electron chi connectivity index (χ2n) is 4.62. The Kier molecular flexibility index (Phi) is 3.92. The second-order valence-corrected chi connectivity index (χ2v) is 4.62. The number of benzene rings is 1. The third kappa shape index (κ3) is 3.39. The van der Waals surface area contributed by atoms with Crippen LogP contribution in [0.1, 0.15) is 34.5 Å². The lowest BCUT2D eigenvalue weighted by atomic mass is 10.1. The molecule has 1 atom stereocenters. The van der Waals surface area contributed by atoms with Crippen LogP contribution >= 0.6 is 0 Å². The number of carbonyl (C=O) groups is 1. The van der Waals surface area contributed by atoms with Gasteiger partial charge in [0.25, 0.3) is 5.91 Å². The van der Waals surface area contributed by atoms with Crippen LogP contribution in [0.2, 0.25) is 0 Å². The van der Waals surface area contributed by atoms with Crippen LogP contribution in [0.25, 0.3) is 0 Å². The summed E-state index contributed by atoms with van der Waals surface area (Å²) in [4.78, 5) is 16.1. The van der Waals surface area contributed by atoms with E-state index in [4.69, 9.17) is 5.73 Å². The molecule has 0 fully saturated rings. The monoisotopic (exact) mass is 255 g/mol. The standard InChI is InChI=1S/C15H17N3O/c1-10-6-13(9-17-8-10)15(19)18-14-5-3-4-12(7-14)11(2)16/h3-9,11H,16H2,1-2H3,(H,18,19)/t11-/m0/s1. The van der Waals surface area contributed by atoms with E-state index in [2.05, 4.69) is 10.3 Å². The van der Waals surface area contributed by atoms with Crippen molar-refractivity contribution in [2.75, 3.05) is 5.32 Å². The maximum atomic E-state index is 12.1. The van der Waals surface area contributed by atoms with Crippen LogP contribution in [0.4, 0.5) is 5.69 Å². The van der Waals surface area contributed by atoms with E-state index in [0.717, 1.165) is 16.8 Å². The zero-order valence-corrected chi connectivity index (χ0v) is 11.1. The largest absolute Gasteiger partial charge is 0.324 e. The molecule has 0 aliphatic heterocycles. The number of nitrogens with zero attached hydrogens (tertiary/aromatic N) is 1. The molecule has 0 spiro atoms. The summed E-state index contributed by atoms with van der Waals surface area (Å²) in [5.41, 5.74) is 9.05. The molecule has 1 amide bonds. The molecular formula is C15H17N3O. The predicted molar refractivity (Wildman–Crippen MR) is 76.0 cm³/mol. The number of anilines is 1. The van der Waals surface area contributed by atoms with E-state index in [1.54, 1.807) is 18.5 Å². The van der Waals surface area contributed by atoms with Crippen molar-refractivity contribution < 1.29 is 4.79 Å². The van der Waals surface area contributed by atoms with Gasteiger partial charge in [0.05, 0.1) is 5.56 Å². The smallest absolute Gasteiger partial charge is 0.257 e. The van der Waals surface area contributed by atoms with Gasteiger partial charge in [0.1, 0.15) is 0 Å². The number of aromatic nitrogens is 1. The van der Waals surface area contributed by atoms with Crippen molar-refractivity contribution in [2.45, 2.75) is 19.9 Å². The number of amides is 1. The minimum Gasteiger partial charge on any atom is -0.324 e.